The number of aromatic nitrogens is 2. The number of aryl methyl sites for hydroxylation is 1. The molecule has 3 rings (SSSR count). The maximum Gasteiger partial charge on any atom is 0.274 e. The van der Waals surface area contributed by atoms with Gasteiger partial charge < -0.3 is 10.6 Å². The summed E-state index contributed by atoms with van der Waals surface area (Å²) in [6, 6.07) is 18.5. The Labute approximate surface area is 151 Å². The highest BCUT2D eigenvalue weighted by atomic mass is 35.5. The van der Waals surface area contributed by atoms with Crippen LogP contribution in [-0.2, 0) is 6.54 Å². The summed E-state index contributed by atoms with van der Waals surface area (Å²) in [7, 11) is 0. The van der Waals surface area contributed by atoms with Crippen molar-refractivity contribution in [3.05, 3.63) is 82.8 Å². The molecule has 3 aromatic rings. The number of anilines is 2. The van der Waals surface area contributed by atoms with Gasteiger partial charge in [0.2, 0.25) is 0 Å². The first-order valence-electron chi connectivity index (χ1n) is 7.80. The minimum absolute atomic E-state index is 0.296. The van der Waals surface area contributed by atoms with Gasteiger partial charge in [0.25, 0.3) is 5.91 Å². The Morgan fingerprint density at radius 3 is 2.48 bits per heavy atom. The molecular formula is C19H17ClN4O. The molecule has 0 aliphatic rings. The highest BCUT2D eigenvalue weighted by Crippen LogP contribution is 2.15. The van der Waals surface area contributed by atoms with Gasteiger partial charge >= 0.3 is 0 Å². The first-order valence-corrected chi connectivity index (χ1v) is 8.18. The molecule has 0 saturated carbocycles. The number of benzene rings is 2. The van der Waals surface area contributed by atoms with Crippen molar-refractivity contribution in [2.75, 3.05) is 10.6 Å². The van der Waals surface area contributed by atoms with Crippen LogP contribution in [0.5, 0.6) is 0 Å². The lowest BCUT2D eigenvalue weighted by Crippen LogP contribution is -2.15. The largest absolute Gasteiger partial charge is 0.366 e. The van der Waals surface area contributed by atoms with Crippen molar-refractivity contribution in [3.8, 4) is 0 Å². The van der Waals surface area contributed by atoms with E-state index in [4.69, 9.17) is 11.6 Å². The Bertz CT molecular complexity index is 866. The lowest BCUT2D eigenvalue weighted by Gasteiger charge is -2.09. The van der Waals surface area contributed by atoms with Crippen LogP contribution in [0, 0.1) is 6.92 Å². The van der Waals surface area contributed by atoms with E-state index in [0.717, 1.165) is 5.56 Å². The Morgan fingerprint density at radius 2 is 1.76 bits per heavy atom. The number of hydrogen-bond acceptors (Lipinski definition) is 4. The van der Waals surface area contributed by atoms with E-state index in [9.17, 15) is 4.79 Å². The molecular weight excluding hydrogens is 336 g/mol. The predicted molar refractivity (Wildman–Crippen MR) is 99.9 cm³/mol. The second-order valence-corrected chi connectivity index (χ2v) is 5.92. The van der Waals surface area contributed by atoms with E-state index >= 15 is 0 Å². The molecule has 1 heterocycles. The van der Waals surface area contributed by atoms with E-state index in [-0.39, 0.29) is 5.91 Å². The van der Waals surface area contributed by atoms with Crippen LogP contribution >= 0.6 is 11.6 Å². The van der Waals surface area contributed by atoms with E-state index in [2.05, 4.69) is 20.6 Å². The minimum Gasteiger partial charge on any atom is -0.366 e. The van der Waals surface area contributed by atoms with Crippen molar-refractivity contribution < 1.29 is 4.79 Å². The van der Waals surface area contributed by atoms with Gasteiger partial charge in [-0.3, -0.25) is 4.79 Å². The van der Waals surface area contributed by atoms with Gasteiger partial charge in [0.1, 0.15) is 17.3 Å². The molecule has 1 amide bonds. The van der Waals surface area contributed by atoms with Crippen LogP contribution in [0.15, 0.2) is 60.7 Å². The first kappa shape index (κ1) is 16.9. The van der Waals surface area contributed by atoms with Gasteiger partial charge in [0.15, 0.2) is 0 Å². The van der Waals surface area contributed by atoms with Gasteiger partial charge in [-0.05, 0) is 36.8 Å². The van der Waals surface area contributed by atoms with Crippen molar-refractivity contribution in [2.45, 2.75) is 13.5 Å². The number of hydrogen-bond donors (Lipinski definition) is 2. The van der Waals surface area contributed by atoms with Gasteiger partial charge in [-0.2, -0.15) is 0 Å². The molecule has 0 fully saturated rings. The zero-order valence-corrected chi connectivity index (χ0v) is 14.4. The molecule has 0 unspecified atom stereocenters. The van der Waals surface area contributed by atoms with Crippen molar-refractivity contribution in [1.29, 1.82) is 0 Å². The zero-order chi connectivity index (χ0) is 17.6. The van der Waals surface area contributed by atoms with E-state index in [0.29, 0.717) is 34.6 Å². The Kier molecular flexibility index (Phi) is 5.26. The molecule has 25 heavy (non-hydrogen) atoms. The third kappa shape index (κ3) is 4.78. The topological polar surface area (TPSA) is 66.9 Å². The van der Waals surface area contributed by atoms with E-state index in [1.807, 2.05) is 30.3 Å². The Morgan fingerprint density at radius 1 is 1.04 bits per heavy atom. The van der Waals surface area contributed by atoms with Crippen LogP contribution in [-0.4, -0.2) is 15.9 Å². The number of nitrogens with zero attached hydrogens (tertiary/aromatic N) is 2. The summed E-state index contributed by atoms with van der Waals surface area (Å²) in [5, 5.41) is 6.63. The highest BCUT2D eigenvalue weighted by Gasteiger charge is 2.11. The average molecular weight is 353 g/mol. The summed E-state index contributed by atoms with van der Waals surface area (Å²) in [6.07, 6.45) is 0. The van der Waals surface area contributed by atoms with Gasteiger partial charge in [-0.25, -0.2) is 9.97 Å². The summed E-state index contributed by atoms with van der Waals surface area (Å²) < 4.78 is 0. The number of amides is 1. The van der Waals surface area contributed by atoms with E-state index < -0.39 is 0 Å². The molecule has 0 aliphatic heterocycles. The molecule has 0 spiro atoms. The normalized spacial score (nSPS) is 10.3. The SMILES string of the molecule is Cc1nc(NCc2ccccc2)cc(C(=O)Nc2ccc(Cl)cc2)n1. The van der Waals surface area contributed by atoms with Crippen LogP contribution in [0.25, 0.3) is 0 Å². The third-order valence-electron chi connectivity index (χ3n) is 3.49. The minimum atomic E-state index is -0.296. The molecule has 2 aromatic carbocycles. The molecule has 6 heteroatoms. The first-order chi connectivity index (χ1) is 12.1. The second kappa shape index (κ2) is 7.77. The number of rotatable bonds is 5. The molecule has 0 bridgehead atoms. The number of nitrogens with one attached hydrogen (secondary N) is 2. The summed E-state index contributed by atoms with van der Waals surface area (Å²) in [6.45, 7) is 2.38. The summed E-state index contributed by atoms with van der Waals surface area (Å²) >= 11 is 5.85. The molecule has 2 N–H and O–H groups in total. The van der Waals surface area contributed by atoms with Crippen LogP contribution in [0.1, 0.15) is 21.9 Å². The zero-order valence-electron chi connectivity index (χ0n) is 13.7. The smallest absolute Gasteiger partial charge is 0.274 e. The van der Waals surface area contributed by atoms with Crippen LogP contribution in [0.4, 0.5) is 11.5 Å². The highest BCUT2D eigenvalue weighted by molar-refractivity contribution is 6.30. The number of halogens is 1. The van der Waals surface area contributed by atoms with Crippen molar-refractivity contribution in [1.82, 2.24) is 9.97 Å². The average Bonchev–Trinajstić information content (AvgIpc) is 2.62. The molecule has 1 aromatic heterocycles. The second-order valence-electron chi connectivity index (χ2n) is 5.49. The Balaban J connectivity index is 1.72. The molecule has 0 aliphatic carbocycles. The standard InChI is InChI=1S/C19H17ClN4O/c1-13-22-17(19(25)24-16-9-7-15(20)8-10-16)11-18(23-13)21-12-14-5-3-2-4-6-14/h2-11H,12H2,1H3,(H,24,25)(H,21,22,23). The fourth-order valence-corrected chi connectivity index (χ4v) is 2.42. The lowest BCUT2D eigenvalue weighted by molar-refractivity contribution is 0.102. The van der Waals surface area contributed by atoms with Crippen LogP contribution in [0.2, 0.25) is 5.02 Å². The van der Waals surface area contributed by atoms with Crippen LogP contribution < -0.4 is 10.6 Å². The van der Waals surface area contributed by atoms with Crippen LogP contribution in [0.3, 0.4) is 0 Å². The van der Waals surface area contributed by atoms with Gasteiger partial charge in [-0.15, -0.1) is 0 Å². The molecule has 0 radical (unpaired) electrons. The van der Waals surface area contributed by atoms with E-state index in [1.54, 1.807) is 37.3 Å². The maximum absolute atomic E-state index is 12.4. The molecule has 0 atom stereocenters. The molecule has 0 saturated heterocycles. The summed E-state index contributed by atoms with van der Waals surface area (Å²) in [5.74, 6) is 0.840. The van der Waals surface area contributed by atoms with Gasteiger partial charge in [0, 0.05) is 23.3 Å². The molecule has 5 nitrogen and oxygen atoms in total. The fraction of sp³-hybridized carbons (Fsp3) is 0.105. The van der Waals surface area contributed by atoms with Gasteiger partial charge in [-0.1, -0.05) is 41.9 Å². The van der Waals surface area contributed by atoms with Crippen molar-refractivity contribution in [3.63, 3.8) is 0 Å². The molecule has 126 valence electrons. The Hall–Kier alpha value is -2.92. The number of carbonyl (C=O) groups excluding carboxylic acids is 1. The van der Waals surface area contributed by atoms with Crippen molar-refractivity contribution >= 4 is 29.0 Å². The lowest BCUT2D eigenvalue weighted by atomic mass is 10.2. The van der Waals surface area contributed by atoms with Crippen molar-refractivity contribution in [2.24, 2.45) is 0 Å². The summed E-state index contributed by atoms with van der Waals surface area (Å²) in [5.41, 5.74) is 2.09. The summed E-state index contributed by atoms with van der Waals surface area (Å²) in [4.78, 5) is 21.0. The number of carbonyl (C=O) groups is 1. The maximum atomic E-state index is 12.4. The predicted octanol–water partition coefficient (Wildman–Crippen LogP) is 4.30. The quantitative estimate of drug-likeness (QED) is 0.718. The fourth-order valence-electron chi connectivity index (χ4n) is 2.29. The van der Waals surface area contributed by atoms with Gasteiger partial charge in [0.05, 0.1) is 0 Å². The van der Waals surface area contributed by atoms with E-state index in [1.165, 1.54) is 0 Å². The monoisotopic (exact) mass is 352 g/mol. The third-order valence-corrected chi connectivity index (χ3v) is 3.74.